The van der Waals surface area contributed by atoms with Crippen LogP contribution in [-0.2, 0) is 6.42 Å². The van der Waals surface area contributed by atoms with Crippen LogP contribution in [0, 0.1) is 0 Å². The lowest BCUT2D eigenvalue weighted by Crippen LogP contribution is -2.32. The second-order valence-electron chi connectivity index (χ2n) is 4.74. The van der Waals surface area contributed by atoms with E-state index in [2.05, 4.69) is 33.5 Å². The van der Waals surface area contributed by atoms with Crippen LogP contribution in [0.5, 0.6) is 5.75 Å². The number of anilines is 1. The highest BCUT2D eigenvalue weighted by Gasteiger charge is 2.01. The van der Waals surface area contributed by atoms with Crippen LogP contribution in [0.2, 0.25) is 0 Å². The van der Waals surface area contributed by atoms with Crippen molar-refractivity contribution in [3.8, 4) is 5.75 Å². The summed E-state index contributed by atoms with van der Waals surface area (Å²) in [4.78, 5) is 11.7. The third-order valence-electron chi connectivity index (χ3n) is 3.07. The molecule has 0 aliphatic rings. The highest BCUT2D eigenvalue weighted by Crippen LogP contribution is 2.15. The molecule has 0 aliphatic carbocycles. The molecule has 0 bridgehead atoms. The Balaban J connectivity index is 1.68. The first kappa shape index (κ1) is 16.4. The monoisotopic (exact) mass is 362 g/mol. The van der Waals surface area contributed by atoms with E-state index in [9.17, 15) is 4.79 Å². The van der Waals surface area contributed by atoms with Gasteiger partial charge in [0.2, 0.25) is 0 Å². The molecular formula is C17H19BrN2O2. The number of nitrogens with one attached hydrogen (secondary N) is 2. The summed E-state index contributed by atoms with van der Waals surface area (Å²) in [5.74, 6) is 0.811. The van der Waals surface area contributed by atoms with Gasteiger partial charge in [0.05, 0.1) is 6.54 Å². The minimum absolute atomic E-state index is 0.247. The summed E-state index contributed by atoms with van der Waals surface area (Å²) in [7, 11) is 0. The molecule has 2 N–H and O–H groups in total. The van der Waals surface area contributed by atoms with Gasteiger partial charge in [-0.05, 0) is 42.3 Å². The molecule has 0 fully saturated rings. The average Bonchev–Trinajstić information content (AvgIpc) is 2.52. The summed E-state index contributed by atoms with van der Waals surface area (Å²) in [6.45, 7) is 2.98. The highest BCUT2D eigenvalue weighted by molar-refractivity contribution is 9.10. The molecule has 116 valence electrons. The van der Waals surface area contributed by atoms with Gasteiger partial charge >= 0.3 is 6.03 Å². The van der Waals surface area contributed by atoms with Gasteiger partial charge in [-0.15, -0.1) is 0 Å². The van der Waals surface area contributed by atoms with E-state index >= 15 is 0 Å². The van der Waals surface area contributed by atoms with Gasteiger partial charge in [0, 0.05) is 10.2 Å². The number of carbonyl (C=O) groups excluding carboxylic acids is 1. The third kappa shape index (κ3) is 5.41. The normalized spacial score (nSPS) is 10.1. The predicted octanol–water partition coefficient (Wildman–Crippen LogP) is 4.21. The van der Waals surface area contributed by atoms with Gasteiger partial charge in [-0.1, -0.05) is 41.1 Å². The quantitative estimate of drug-likeness (QED) is 0.756. The zero-order valence-electron chi connectivity index (χ0n) is 12.4. The summed E-state index contributed by atoms with van der Waals surface area (Å²) in [6.07, 6.45) is 1.01. The molecule has 0 heterocycles. The van der Waals surface area contributed by atoms with E-state index in [-0.39, 0.29) is 6.03 Å². The Morgan fingerprint density at radius 2 is 1.95 bits per heavy atom. The Morgan fingerprint density at radius 3 is 2.64 bits per heavy atom. The second-order valence-corrected chi connectivity index (χ2v) is 5.65. The number of hydrogen-bond donors (Lipinski definition) is 2. The van der Waals surface area contributed by atoms with E-state index < -0.39 is 0 Å². The van der Waals surface area contributed by atoms with Crippen molar-refractivity contribution in [1.82, 2.24) is 5.32 Å². The minimum atomic E-state index is -0.247. The molecule has 2 aromatic rings. The van der Waals surface area contributed by atoms with Gasteiger partial charge in [-0.25, -0.2) is 4.79 Å². The van der Waals surface area contributed by atoms with Crippen molar-refractivity contribution in [3.05, 3.63) is 58.6 Å². The second kappa shape index (κ2) is 8.44. The number of ether oxygens (including phenoxy) is 1. The van der Waals surface area contributed by atoms with Gasteiger partial charge in [0.25, 0.3) is 0 Å². The molecule has 2 aromatic carbocycles. The summed E-state index contributed by atoms with van der Waals surface area (Å²) in [5.41, 5.74) is 2.02. The van der Waals surface area contributed by atoms with E-state index in [0.717, 1.165) is 22.3 Å². The van der Waals surface area contributed by atoms with Crippen molar-refractivity contribution in [1.29, 1.82) is 0 Å². The molecule has 0 saturated carbocycles. The van der Waals surface area contributed by atoms with Crippen molar-refractivity contribution >= 4 is 27.6 Å². The number of urea groups is 1. The predicted molar refractivity (Wildman–Crippen MR) is 92.5 cm³/mol. The van der Waals surface area contributed by atoms with Crippen LogP contribution >= 0.6 is 15.9 Å². The number of carbonyl (C=O) groups is 1. The lowest BCUT2D eigenvalue weighted by Gasteiger charge is -2.09. The van der Waals surface area contributed by atoms with Crippen molar-refractivity contribution in [2.24, 2.45) is 0 Å². The fraction of sp³-hybridized carbons (Fsp3) is 0.235. The van der Waals surface area contributed by atoms with E-state index in [1.165, 1.54) is 5.56 Å². The number of aryl methyl sites for hydroxylation is 1. The van der Waals surface area contributed by atoms with Crippen molar-refractivity contribution in [2.45, 2.75) is 13.3 Å². The third-order valence-corrected chi connectivity index (χ3v) is 3.56. The topological polar surface area (TPSA) is 50.4 Å². The molecule has 4 nitrogen and oxygen atoms in total. The Kier molecular flexibility index (Phi) is 6.27. The Labute approximate surface area is 139 Å². The van der Waals surface area contributed by atoms with Crippen LogP contribution in [0.15, 0.2) is 53.0 Å². The summed E-state index contributed by atoms with van der Waals surface area (Å²) < 4.78 is 6.50. The Hall–Kier alpha value is -2.01. The Bertz CT molecular complexity index is 614. The van der Waals surface area contributed by atoms with E-state index in [0.29, 0.717) is 13.2 Å². The molecule has 5 heteroatoms. The molecule has 0 spiro atoms. The van der Waals surface area contributed by atoms with Crippen molar-refractivity contribution in [3.63, 3.8) is 0 Å². The molecule has 2 rings (SSSR count). The number of rotatable bonds is 6. The minimum Gasteiger partial charge on any atom is -0.492 e. The lowest BCUT2D eigenvalue weighted by molar-refractivity contribution is 0.247. The van der Waals surface area contributed by atoms with Crippen molar-refractivity contribution < 1.29 is 9.53 Å². The van der Waals surface area contributed by atoms with Gasteiger partial charge in [0.15, 0.2) is 0 Å². The van der Waals surface area contributed by atoms with Crippen LogP contribution in [0.3, 0.4) is 0 Å². The summed E-state index contributed by atoms with van der Waals surface area (Å²) in [5, 5.41) is 5.51. The van der Waals surface area contributed by atoms with Crippen LogP contribution in [-0.4, -0.2) is 19.2 Å². The van der Waals surface area contributed by atoms with Crippen LogP contribution in [0.4, 0.5) is 10.5 Å². The lowest BCUT2D eigenvalue weighted by atomic mass is 10.2. The average molecular weight is 363 g/mol. The largest absolute Gasteiger partial charge is 0.492 e. The van der Waals surface area contributed by atoms with Crippen LogP contribution in [0.25, 0.3) is 0 Å². The Morgan fingerprint density at radius 1 is 1.18 bits per heavy atom. The SMILES string of the molecule is CCc1ccc(OCCNC(=O)Nc2cccc(Br)c2)cc1. The smallest absolute Gasteiger partial charge is 0.319 e. The maximum absolute atomic E-state index is 11.7. The first-order valence-electron chi connectivity index (χ1n) is 7.19. The first-order chi connectivity index (χ1) is 10.7. The van der Waals surface area contributed by atoms with E-state index in [1.54, 1.807) is 0 Å². The number of amides is 2. The molecule has 0 unspecified atom stereocenters. The molecule has 2 amide bonds. The fourth-order valence-corrected chi connectivity index (χ4v) is 2.30. The van der Waals surface area contributed by atoms with Crippen LogP contribution in [0.1, 0.15) is 12.5 Å². The molecule has 0 aromatic heterocycles. The summed E-state index contributed by atoms with van der Waals surface area (Å²) >= 11 is 3.36. The van der Waals surface area contributed by atoms with Gasteiger partial charge < -0.3 is 15.4 Å². The number of halogens is 1. The van der Waals surface area contributed by atoms with Gasteiger partial charge in [-0.2, -0.15) is 0 Å². The maximum Gasteiger partial charge on any atom is 0.319 e. The maximum atomic E-state index is 11.7. The number of hydrogen-bond acceptors (Lipinski definition) is 2. The zero-order chi connectivity index (χ0) is 15.8. The molecule has 0 atom stereocenters. The summed E-state index contributed by atoms with van der Waals surface area (Å²) in [6, 6.07) is 15.2. The molecular weight excluding hydrogens is 344 g/mol. The van der Waals surface area contributed by atoms with E-state index in [4.69, 9.17) is 4.74 Å². The zero-order valence-corrected chi connectivity index (χ0v) is 14.0. The van der Waals surface area contributed by atoms with Crippen LogP contribution < -0.4 is 15.4 Å². The standard InChI is InChI=1S/C17H19BrN2O2/c1-2-13-6-8-16(9-7-13)22-11-10-19-17(21)20-15-5-3-4-14(18)12-15/h3-9,12H,2,10-11H2,1H3,(H2,19,20,21). The van der Waals surface area contributed by atoms with Gasteiger partial charge in [-0.3, -0.25) is 0 Å². The number of benzene rings is 2. The first-order valence-corrected chi connectivity index (χ1v) is 7.99. The fourth-order valence-electron chi connectivity index (χ4n) is 1.90. The van der Waals surface area contributed by atoms with E-state index in [1.807, 2.05) is 48.5 Å². The van der Waals surface area contributed by atoms with Crippen molar-refractivity contribution in [2.75, 3.05) is 18.5 Å². The van der Waals surface area contributed by atoms with Gasteiger partial charge in [0.1, 0.15) is 12.4 Å². The molecule has 22 heavy (non-hydrogen) atoms. The highest BCUT2D eigenvalue weighted by atomic mass is 79.9. The molecule has 0 aliphatic heterocycles. The molecule has 0 radical (unpaired) electrons. The molecule has 0 saturated heterocycles.